The van der Waals surface area contributed by atoms with Gasteiger partial charge in [0, 0.05) is 33.6 Å². The summed E-state index contributed by atoms with van der Waals surface area (Å²) in [5.74, 6) is -0.504. The van der Waals surface area contributed by atoms with Gasteiger partial charge in [0.25, 0.3) is 0 Å². The maximum atomic E-state index is 14.1. The fourth-order valence-corrected chi connectivity index (χ4v) is 7.80. The number of benzene rings is 4. The molecule has 0 aliphatic carbocycles. The zero-order chi connectivity index (χ0) is 34.5. The number of rotatable bonds is 10. The minimum atomic E-state index is -0.252. The lowest BCUT2D eigenvalue weighted by Gasteiger charge is -2.09. The molecule has 7 aromatic rings. The Morgan fingerprint density at radius 3 is 1.22 bits per heavy atom. The van der Waals surface area contributed by atoms with E-state index in [2.05, 4.69) is 22.8 Å². The van der Waals surface area contributed by atoms with Crippen molar-refractivity contribution in [2.75, 3.05) is 10.6 Å². The molecule has 4 aromatic carbocycles. The van der Waals surface area contributed by atoms with Crippen molar-refractivity contribution in [1.82, 2.24) is 4.98 Å². The van der Waals surface area contributed by atoms with Gasteiger partial charge in [-0.2, -0.15) is 10.5 Å². The van der Waals surface area contributed by atoms with Crippen molar-refractivity contribution >= 4 is 55.6 Å². The Bertz CT molecular complexity index is 2260. The lowest BCUT2D eigenvalue weighted by Crippen LogP contribution is -2.03. The number of carbonyl (C=O) groups excluding carboxylic acids is 2. The second-order valence-electron chi connectivity index (χ2n) is 11.0. The molecule has 0 aliphatic rings. The molecule has 0 saturated heterocycles. The monoisotopic (exact) mass is 683 g/mol. The van der Waals surface area contributed by atoms with Gasteiger partial charge in [-0.3, -0.25) is 9.59 Å². The van der Waals surface area contributed by atoms with Crippen LogP contribution in [-0.2, 0) is 0 Å². The second-order valence-corrected chi connectivity index (χ2v) is 13.1. The summed E-state index contributed by atoms with van der Waals surface area (Å²) in [6.45, 7) is 0. The molecule has 0 unspecified atom stereocenters. The molecular formula is C41H25N5O2S2. The molecule has 0 atom stereocenters. The predicted molar refractivity (Wildman–Crippen MR) is 199 cm³/mol. The number of nitriles is 2. The third-order valence-corrected chi connectivity index (χ3v) is 10.1. The first-order valence-corrected chi connectivity index (χ1v) is 17.1. The Morgan fingerprint density at radius 2 is 0.860 bits per heavy atom. The zero-order valence-corrected chi connectivity index (χ0v) is 27.9. The summed E-state index contributed by atoms with van der Waals surface area (Å²) < 4.78 is 0. The van der Waals surface area contributed by atoms with E-state index >= 15 is 0 Å². The fourth-order valence-electron chi connectivity index (χ4n) is 5.52. The second kappa shape index (κ2) is 14.2. The van der Waals surface area contributed by atoms with Crippen LogP contribution in [0.2, 0.25) is 0 Å². The van der Waals surface area contributed by atoms with E-state index in [1.807, 2.05) is 72.8 Å². The number of para-hydroxylation sites is 2. The number of nitrogens with one attached hydrogen (secondary N) is 2. The van der Waals surface area contributed by atoms with Crippen LogP contribution in [0.4, 0.5) is 21.4 Å². The van der Waals surface area contributed by atoms with Crippen molar-refractivity contribution in [3.63, 3.8) is 0 Å². The smallest absolute Gasteiger partial charge is 0.203 e. The van der Waals surface area contributed by atoms with Gasteiger partial charge in [0.05, 0.1) is 32.3 Å². The van der Waals surface area contributed by atoms with Crippen molar-refractivity contribution < 1.29 is 9.59 Å². The molecule has 3 aromatic heterocycles. The highest BCUT2D eigenvalue weighted by molar-refractivity contribution is 7.19. The first kappa shape index (κ1) is 31.9. The number of pyridine rings is 1. The molecule has 2 N–H and O–H groups in total. The van der Waals surface area contributed by atoms with Crippen LogP contribution in [0.5, 0.6) is 0 Å². The molecule has 0 aliphatic heterocycles. The standard InChI is InChI=1S/C41H25N5O2S2/c42-24-30-34(38(36(47)26-14-5-1-6-15-26)49-40(30)44-28-18-9-3-10-19-28)32-22-13-23-33(46-32)35-31(25-43)41(45-29-20-11-4-12-21-29)50-39(35)37(48)27-16-7-2-8-17-27/h1-23,44-45H. The van der Waals surface area contributed by atoms with Crippen LogP contribution in [-0.4, -0.2) is 16.6 Å². The summed E-state index contributed by atoms with van der Waals surface area (Å²) in [7, 11) is 0. The summed E-state index contributed by atoms with van der Waals surface area (Å²) in [4.78, 5) is 33.8. The van der Waals surface area contributed by atoms with E-state index < -0.39 is 0 Å². The van der Waals surface area contributed by atoms with E-state index in [1.54, 1.807) is 66.7 Å². The van der Waals surface area contributed by atoms with Crippen LogP contribution in [0.3, 0.4) is 0 Å². The van der Waals surface area contributed by atoms with Gasteiger partial charge in [-0.25, -0.2) is 4.98 Å². The summed E-state index contributed by atoms with van der Waals surface area (Å²) >= 11 is 2.37. The number of ketones is 2. The minimum absolute atomic E-state index is 0.252. The van der Waals surface area contributed by atoms with Crippen molar-refractivity contribution in [3.05, 3.63) is 172 Å². The summed E-state index contributed by atoms with van der Waals surface area (Å²) in [5.41, 5.74) is 4.47. The number of hydrogen-bond acceptors (Lipinski definition) is 9. The number of hydrogen-bond donors (Lipinski definition) is 2. The van der Waals surface area contributed by atoms with Crippen LogP contribution in [0, 0.1) is 22.7 Å². The molecule has 7 nitrogen and oxygen atoms in total. The van der Waals surface area contributed by atoms with E-state index in [0.717, 1.165) is 11.4 Å². The average Bonchev–Trinajstić information content (AvgIpc) is 3.73. The number of thiophene rings is 2. The fraction of sp³-hybridized carbons (Fsp3) is 0. The Hall–Kier alpha value is -6.65. The Kier molecular flexibility index (Phi) is 9.08. The average molecular weight is 684 g/mol. The molecule has 0 radical (unpaired) electrons. The van der Waals surface area contributed by atoms with Gasteiger partial charge < -0.3 is 10.6 Å². The molecule has 50 heavy (non-hydrogen) atoms. The van der Waals surface area contributed by atoms with Crippen molar-refractivity contribution in [1.29, 1.82) is 10.5 Å². The molecule has 238 valence electrons. The molecule has 0 fully saturated rings. The summed E-state index contributed by atoms with van der Waals surface area (Å²) in [6.07, 6.45) is 0. The Balaban J connectivity index is 1.42. The van der Waals surface area contributed by atoms with E-state index in [4.69, 9.17) is 4.98 Å². The van der Waals surface area contributed by atoms with Gasteiger partial charge in [0.15, 0.2) is 0 Å². The van der Waals surface area contributed by atoms with Crippen LogP contribution in [0.1, 0.15) is 41.6 Å². The third-order valence-electron chi connectivity index (χ3n) is 7.85. The lowest BCUT2D eigenvalue weighted by atomic mass is 9.98. The minimum Gasteiger partial charge on any atom is -0.346 e. The zero-order valence-electron chi connectivity index (χ0n) is 26.3. The van der Waals surface area contributed by atoms with Crippen LogP contribution >= 0.6 is 22.7 Å². The largest absolute Gasteiger partial charge is 0.346 e. The molecule has 0 amide bonds. The molecule has 0 spiro atoms. The van der Waals surface area contributed by atoms with Crippen molar-refractivity contribution in [2.24, 2.45) is 0 Å². The third kappa shape index (κ3) is 6.30. The molecule has 7 rings (SSSR count). The number of nitrogens with zero attached hydrogens (tertiary/aromatic N) is 3. The first-order chi connectivity index (χ1) is 24.6. The van der Waals surface area contributed by atoms with Gasteiger partial charge in [0.1, 0.15) is 22.1 Å². The molecule has 0 saturated carbocycles. The first-order valence-electron chi connectivity index (χ1n) is 15.5. The SMILES string of the molecule is N#Cc1c(Nc2ccccc2)sc(C(=O)c2ccccc2)c1-c1cccc(-c2c(C(=O)c3ccccc3)sc(Nc3ccccc3)c2C#N)n1. The Morgan fingerprint density at radius 1 is 0.500 bits per heavy atom. The highest BCUT2D eigenvalue weighted by atomic mass is 32.1. The van der Waals surface area contributed by atoms with Gasteiger partial charge in [-0.05, 0) is 36.4 Å². The van der Waals surface area contributed by atoms with Crippen LogP contribution in [0.15, 0.2) is 140 Å². The molecule has 9 heteroatoms. The number of anilines is 4. The van der Waals surface area contributed by atoms with E-state index in [9.17, 15) is 20.1 Å². The molecule has 0 bridgehead atoms. The van der Waals surface area contributed by atoms with Crippen molar-refractivity contribution in [2.45, 2.75) is 0 Å². The summed E-state index contributed by atoms with van der Waals surface area (Å²) in [5, 5.41) is 28.7. The van der Waals surface area contributed by atoms with Gasteiger partial charge >= 0.3 is 0 Å². The van der Waals surface area contributed by atoms with Gasteiger partial charge in [0.2, 0.25) is 11.6 Å². The normalized spacial score (nSPS) is 10.5. The number of aromatic nitrogens is 1. The van der Waals surface area contributed by atoms with E-state index in [1.165, 1.54) is 22.7 Å². The highest BCUT2D eigenvalue weighted by Crippen LogP contribution is 2.45. The van der Waals surface area contributed by atoms with E-state index in [0.29, 0.717) is 53.4 Å². The maximum Gasteiger partial charge on any atom is 0.203 e. The molecule has 3 heterocycles. The van der Waals surface area contributed by atoms with E-state index in [-0.39, 0.29) is 22.7 Å². The van der Waals surface area contributed by atoms with Crippen LogP contribution in [0.25, 0.3) is 22.5 Å². The van der Waals surface area contributed by atoms with Crippen LogP contribution < -0.4 is 10.6 Å². The maximum absolute atomic E-state index is 14.1. The predicted octanol–water partition coefficient (Wildman–Crippen LogP) is 10.2. The Labute approximate surface area is 296 Å². The van der Waals surface area contributed by atoms with Gasteiger partial charge in [-0.1, -0.05) is 103 Å². The molecular weight excluding hydrogens is 659 g/mol. The highest BCUT2D eigenvalue weighted by Gasteiger charge is 2.29. The number of carbonyl (C=O) groups is 2. The topological polar surface area (TPSA) is 119 Å². The van der Waals surface area contributed by atoms with Crippen molar-refractivity contribution in [3.8, 4) is 34.7 Å². The quantitative estimate of drug-likeness (QED) is 0.138. The lowest BCUT2D eigenvalue weighted by molar-refractivity contribution is 0.103. The van der Waals surface area contributed by atoms with Gasteiger partial charge in [-0.15, -0.1) is 22.7 Å². The summed E-state index contributed by atoms with van der Waals surface area (Å²) in [6, 6.07) is 46.5.